The first-order valence-electron chi connectivity index (χ1n) is 14.2. The fourth-order valence-corrected chi connectivity index (χ4v) is 6.67. The fraction of sp³-hybridized carbons (Fsp3) is 0.548. The predicted molar refractivity (Wildman–Crippen MR) is 153 cm³/mol. The van der Waals surface area contributed by atoms with Gasteiger partial charge in [-0.15, -0.1) is 0 Å². The molecule has 0 aromatic heterocycles. The van der Waals surface area contributed by atoms with E-state index in [1.165, 1.54) is 0 Å². The summed E-state index contributed by atoms with van der Waals surface area (Å²) in [6.45, 7) is 5.73. The van der Waals surface area contributed by atoms with Crippen molar-refractivity contribution in [1.82, 2.24) is 0 Å². The molecule has 0 bridgehead atoms. The highest BCUT2D eigenvalue weighted by Gasteiger charge is 2.61. The molecule has 2 amide bonds. The van der Waals surface area contributed by atoms with Gasteiger partial charge >= 0.3 is 0 Å². The molecule has 0 spiro atoms. The van der Waals surface area contributed by atoms with Crippen LogP contribution in [0.3, 0.4) is 0 Å². The Balaban J connectivity index is 1.71. The van der Waals surface area contributed by atoms with Crippen molar-refractivity contribution in [3.8, 4) is 5.75 Å². The molecule has 206 valence electrons. The van der Waals surface area contributed by atoms with Crippen LogP contribution in [-0.2, 0) is 9.59 Å². The summed E-state index contributed by atoms with van der Waals surface area (Å²) in [6, 6.07) is 15.3. The van der Waals surface area contributed by atoms with Gasteiger partial charge in [-0.2, -0.15) is 0 Å². The number of hydrogen-bond donors (Lipinski definition) is 4. The molecule has 2 saturated carbocycles. The largest absolute Gasteiger partial charge is 0.494 e. The van der Waals surface area contributed by atoms with Gasteiger partial charge in [0.05, 0.1) is 17.4 Å². The summed E-state index contributed by atoms with van der Waals surface area (Å²) in [5, 5.41) is 6.45. The lowest BCUT2D eigenvalue weighted by Crippen LogP contribution is -2.59. The van der Waals surface area contributed by atoms with E-state index in [2.05, 4.69) is 10.6 Å². The zero-order valence-corrected chi connectivity index (χ0v) is 22.9. The quantitative estimate of drug-likeness (QED) is 0.360. The van der Waals surface area contributed by atoms with Crippen LogP contribution in [0.1, 0.15) is 63.9 Å². The summed E-state index contributed by atoms with van der Waals surface area (Å²) >= 11 is 0. The Kier molecular flexibility index (Phi) is 9.11. The monoisotopic (exact) mass is 520 g/mol. The fourth-order valence-electron chi connectivity index (χ4n) is 6.67. The van der Waals surface area contributed by atoms with E-state index in [1.54, 1.807) is 0 Å². The molecule has 38 heavy (non-hydrogen) atoms. The van der Waals surface area contributed by atoms with Gasteiger partial charge in [-0.25, -0.2) is 0 Å². The molecule has 2 fully saturated rings. The zero-order chi connectivity index (χ0) is 27.2. The molecular formula is C31H44N4O3. The Morgan fingerprint density at radius 1 is 0.816 bits per heavy atom. The van der Waals surface area contributed by atoms with Crippen molar-refractivity contribution in [2.45, 2.75) is 65.2 Å². The van der Waals surface area contributed by atoms with E-state index in [1.807, 2.05) is 62.4 Å². The Labute approximate surface area is 227 Å². The third-order valence-corrected chi connectivity index (χ3v) is 9.19. The Morgan fingerprint density at radius 2 is 1.32 bits per heavy atom. The number of carbonyl (C=O) groups is 2. The molecule has 0 radical (unpaired) electrons. The summed E-state index contributed by atoms with van der Waals surface area (Å²) in [4.78, 5) is 28.8. The zero-order valence-electron chi connectivity index (χ0n) is 22.9. The molecule has 2 aromatic rings. The maximum Gasteiger partial charge on any atom is 0.231 e. The molecule has 7 heteroatoms. The Bertz CT molecular complexity index is 1080. The van der Waals surface area contributed by atoms with E-state index < -0.39 is 10.8 Å². The number of nitrogens with one attached hydrogen (secondary N) is 2. The van der Waals surface area contributed by atoms with Crippen LogP contribution in [0.4, 0.5) is 11.4 Å². The predicted octanol–water partition coefficient (Wildman–Crippen LogP) is 5.24. The number of rotatable bonds is 9. The number of aryl methyl sites for hydroxylation is 1. The molecule has 6 N–H and O–H groups in total. The lowest BCUT2D eigenvalue weighted by atomic mass is 9.49. The van der Waals surface area contributed by atoms with Crippen molar-refractivity contribution < 1.29 is 14.3 Å². The van der Waals surface area contributed by atoms with Crippen LogP contribution >= 0.6 is 0 Å². The first kappa shape index (κ1) is 28.1. The summed E-state index contributed by atoms with van der Waals surface area (Å²) < 4.78 is 5.57. The standard InChI is InChI=1S/C31H44N4O3/c1-3-38-26-10-8-25(9-11-26)34-28(36)30(16-12-23(20-32)13-17-30)31(18-14-24(21-33)15-19-31)29(37)35-27-7-5-4-6-22(27)2/h4-11,23-24H,3,12-21,32-33H2,1-2H3,(H,34,36)(H,35,37). The molecule has 7 nitrogen and oxygen atoms in total. The minimum absolute atomic E-state index is 0.0460. The van der Waals surface area contributed by atoms with Crippen LogP contribution in [0.15, 0.2) is 48.5 Å². The first-order valence-corrected chi connectivity index (χ1v) is 14.2. The van der Waals surface area contributed by atoms with E-state index in [-0.39, 0.29) is 11.8 Å². The van der Waals surface area contributed by atoms with Gasteiger partial charge < -0.3 is 26.8 Å². The topological polar surface area (TPSA) is 119 Å². The van der Waals surface area contributed by atoms with E-state index >= 15 is 0 Å². The van der Waals surface area contributed by atoms with Crippen molar-refractivity contribution in [2.75, 3.05) is 30.3 Å². The molecule has 0 saturated heterocycles. The minimum Gasteiger partial charge on any atom is -0.494 e. The molecule has 4 rings (SSSR count). The SMILES string of the molecule is CCOc1ccc(NC(=O)C2(C3(C(=O)Nc4ccccc4C)CCC(CN)CC3)CCC(CN)CC2)cc1. The summed E-state index contributed by atoms with van der Waals surface area (Å²) in [5.74, 6) is 1.40. The summed E-state index contributed by atoms with van der Waals surface area (Å²) in [5.41, 5.74) is 13.0. The highest BCUT2D eigenvalue weighted by molar-refractivity contribution is 6.04. The second-order valence-corrected chi connectivity index (χ2v) is 11.2. The summed E-state index contributed by atoms with van der Waals surface area (Å²) in [7, 11) is 0. The number of hydrogen-bond acceptors (Lipinski definition) is 5. The van der Waals surface area contributed by atoms with Gasteiger partial charge in [0, 0.05) is 11.4 Å². The number of amides is 2. The normalized spacial score (nSPS) is 27.4. The van der Waals surface area contributed by atoms with E-state index in [0.717, 1.165) is 42.7 Å². The van der Waals surface area contributed by atoms with Crippen molar-refractivity contribution >= 4 is 23.2 Å². The molecule has 2 aromatic carbocycles. The lowest BCUT2D eigenvalue weighted by molar-refractivity contribution is -0.155. The van der Waals surface area contributed by atoms with Crippen molar-refractivity contribution in [3.05, 3.63) is 54.1 Å². The number of carbonyl (C=O) groups excluding carboxylic acids is 2. The van der Waals surface area contributed by atoms with Gasteiger partial charge in [-0.1, -0.05) is 18.2 Å². The van der Waals surface area contributed by atoms with E-state index in [0.29, 0.717) is 62.9 Å². The number of ether oxygens (including phenoxy) is 1. The molecule has 2 aliphatic carbocycles. The number of nitrogens with two attached hydrogens (primary N) is 2. The third kappa shape index (κ3) is 5.59. The Morgan fingerprint density at radius 3 is 1.79 bits per heavy atom. The van der Waals surface area contributed by atoms with Crippen molar-refractivity contribution in [1.29, 1.82) is 0 Å². The van der Waals surface area contributed by atoms with Gasteiger partial charge in [0.25, 0.3) is 0 Å². The Hall–Kier alpha value is -2.90. The van der Waals surface area contributed by atoms with Crippen molar-refractivity contribution in [2.24, 2.45) is 34.1 Å². The van der Waals surface area contributed by atoms with E-state index in [9.17, 15) is 9.59 Å². The maximum absolute atomic E-state index is 14.4. The van der Waals surface area contributed by atoms with Gasteiger partial charge in [0.1, 0.15) is 5.75 Å². The molecule has 0 unspecified atom stereocenters. The van der Waals surface area contributed by atoms with E-state index in [4.69, 9.17) is 16.2 Å². The van der Waals surface area contributed by atoms with Crippen LogP contribution in [0.5, 0.6) is 5.75 Å². The van der Waals surface area contributed by atoms with Crippen LogP contribution in [0.25, 0.3) is 0 Å². The summed E-state index contributed by atoms with van der Waals surface area (Å²) in [6.07, 6.45) is 5.96. The molecule has 0 heterocycles. The smallest absolute Gasteiger partial charge is 0.231 e. The van der Waals surface area contributed by atoms with Crippen LogP contribution in [0, 0.1) is 29.6 Å². The second-order valence-electron chi connectivity index (χ2n) is 11.2. The first-order chi connectivity index (χ1) is 18.4. The van der Waals surface area contributed by atoms with Gasteiger partial charge in [-0.05, 0) is 126 Å². The third-order valence-electron chi connectivity index (χ3n) is 9.19. The van der Waals surface area contributed by atoms with Crippen LogP contribution in [0.2, 0.25) is 0 Å². The highest BCUT2D eigenvalue weighted by Crippen LogP contribution is 2.59. The van der Waals surface area contributed by atoms with Crippen LogP contribution < -0.4 is 26.8 Å². The van der Waals surface area contributed by atoms with Gasteiger partial charge in [0.15, 0.2) is 0 Å². The minimum atomic E-state index is -0.830. The molecule has 0 aliphatic heterocycles. The molecule has 2 aliphatic rings. The lowest BCUT2D eigenvalue weighted by Gasteiger charge is -2.54. The number of anilines is 2. The molecule has 0 atom stereocenters. The van der Waals surface area contributed by atoms with Gasteiger partial charge in [0.2, 0.25) is 11.8 Å². The average Bonchev–Trinajstić information content (AvgIpc) is 2.95. The van der Waals surface area contributed by atoms with Gasteiger partial charge in [-0.3, -0.25) is 9.59 Å². The maximum atomic E-state index is 14.4. The second kappa shape index (κ2) is 12.3. The van der Waals surface area contributed by atoms with Crippen LogP contribution in [-0.4, -0.2) is 31.5 Å². The molecular weight excluding hydrogens is 476 g/mol. The van der Waals surface area contributed by atoms with Crippen molar-refractivity contribution in [3.63, 3.8) is 0 Å². The average molecular weight is 521 g/mol. The number of para-hydroxylation sites is 1. The number of benzene rings is 2. The highest BCUT2D eigenvalue weighted by atomic mass is 16.5.